The highest BCUT2D eigenvalue weighted by Crippen LogP contribution is 2.61. The van der Waals surface area contributed by atoms with Crippen LogP contribution in [0.25, 0.3) is 0 Å². The summed E-state index contributed by atoms with van der Waals surface area (Å²) in [4.78, 5) is 0. The van der Waals surface area contributed by atoms with Crippen molar-refractivity contribution in [3.8, 4) is 0 Å². The summed E-state index contributed by atoms with van der Waals surface area (Å²) in [6.45, 7) is 2.37. The van der Waals surface area contributed by atoms with Gasteiger partial charge in [0.1, 0.15) is 0 Å². The molecule has 0 atom stereocenters. The highest BCUT2D eigenvalue weighted by molar-refractivity contribution is 7.93. The van der Waals surface area contributed by atoms with Crippen LogP contribution in [-0.2, 0) is 0 Å². The molecule has 0 aliphatic rings. The van der Waals surface area contributed by atoms with Gasteiger partial charge >= 0.3 is 0 Å². The zero-order chi connectivity index (χ0) is 19.2. The number of hydrogen-bond acceptors (Lipinski definition) is 0. The van der Waals surface area contributed by atoms with E-state index in [1.165, 1.54) is 21.2 Å². The number of rotatable bonds is 6. The maximum atomic E-state index is 2.37. The average molecular weight is 397 g/mol. The monoisotopic (exact) mass is 397 g/mol. The molecule has 0 fully saturated rings. The van der Waals surface area contributed by atoms with Crippen molar-refractivity contribution in [1.29, 1.82) is 0 Å². The first-order valence-electron chi connectivity index (χ1n) is 9.48. The van der Waals surface area contributed by atoms with Gasteiger partial charge in [-0.15, -0.1) is 0 Å². The van der Waals surface area contributed by atoms with Crippen molar-refractivity contribution in [3.63, 3.8) is 0 Å². The fourth-order valence-corrected chi connectivity index (χ4v) is 9.61. The van der Waals surface area contributed by atoms with Crippen LogP contribution in [0.1, 0.15) is 6.92 Å². The van der Waals surface area contributed by atoms with E-state index in [9.17, 15) is 0 Å². The van der Waals surface area contributed by atoms with Crippen molar-refractivity contribution in [3.05, 3.63) is 127 Å². The summed E-state index contributed by atoms with van der Waals surface area (Å²) >= 11 is 0. The van der Waals surface area contributed by atoms with Gasteiger partial charge in [0.2, 0.25) is 0 Å². The predicted octanol–water partition coefficient (Wildman–Crippen LogP) is 5.76. The summed E-state index contributed by atoms with van der Waals surface area (Å²) in [5, 5.41) is 7.24. The van der Waals surface area contributed by atoms with E-state index in [1.807, 2.05) is 0 Å². The molecule has 0 bridgehead atoms. The van der Waals surface area contributed by atoms with Crippen LogP contribution >= 0.6 is 15.8 Å². The van der Waals surface area contributed by atoms with Gasteiger partial charge in [0, 0.05) is 5.40 Å². The Labute approximate surface area is 170 Å². The molecule has 0 aromatic heterocycles. The fourth-order valence-electron chi connectivity index (χ4n) is 3.45. The highest BCUT2D eigenvalue weighted by Gasteiger charge is 2.30. The third-order valence-corrected chi connectivity index (χ3v) is 10.5. The van der Waals surface area contributed by atoms with E-state index >= 15 is 0 Å². The molecular formula is C26H23P2. The lowest BCUT2D eigenvalue weighted by atomic mass is 10.4. The molecule has 4 aromatic carbocycles. The quantitative estimate of drug-likeness (QED) is 0.363. The zero-order valence-electron chi connectivity index (χ0n) is 15.9. The van der Waals surface area contributed by atoms with Gasteiger partial charge in [-0.05, 0) is 44.0 Å². The van der Waals surface area contributed by atoms with Crippen LogP contribution in [0.2, 0.25) is 0 Å². The van der Waals surface area contributed by atoms with Gasteiger partial charge in [0.25, 0.3) is 0 Å². The second-order valence-corrected chi connectivity index (χ2v) is 11.7. The topological polar surface area (TPSA) is 0 Å². The first kappa shape index (κ1) is 19.1. The van der Waals surface area contributed by atoms with Crippen molar-refractivity contribution in [2.75, 3.05) is 0 Å². The average Bonchev–Trinajstić information content (AvgIpc) is 2.77. The molecule has 0 aliphatic heterocycles. The van der Waals surface area contributed by atoms with E-state index in [2.05, 4.69) is 128 Å². The minimum atomic E-state index is -0.553. The molecule has 0 saturated heterocycles. The first-order valence-corrected chi connectivity index (χ1v) is 12.2. The Hall–Kier alpha value is -2.26. The largest absolute Gasteiger partial charge is 0.0622 e. The van der Waals surface area contributed by atoms with Gasteiger partial charge in [-0.2, -0.15) is 0 Å². The Morgan fingerprint density at radius 3 is 0.821 bits per heavy atom. The van der Waals surface area contributed by atoms with E-state index in [-0.39, 0.29) is 0 Å². The van der Waals surface area contributed by atoms with Gasteiger partial charge in [-0.1, -0.05) is 121 Å². The van der Waals surface area contributed by atoms with Gasteiger partial charge in [0.15, 0.2) is 0 Å². The van der Waals surface area contributed by atoms with Crippen LogP contribution in [0.15, 0.2) is 121 Å². The standard InChI is InChI=1S/C26H23P2/c1-22(27(23-14-6-2-7-15-23)24-16-8-3-9-17-24)28(25-18-10-4-11-19-25)26-20-12-5-13-21-26/h2-21H,1H3. The summed E-state index contributed by atoms with van der Waals surface area (Å²) in [7, 11) is -1.11. The molecule has 0 unspecified atom stereocenters. The molecule has 0 spiro atoms. The lowest BCUT2D eigenvalue weighted by Gasteiger charge is -2.32. The van der Waals surface area contributed by atoms with Crippen molar-refractivity contribution in [2.24, 2.45) is 0 Å². The Kier molecular flexibility index (Phi) is 6.33. The molecule has 137 valence electrons. The van der Waals surface area contributed by atoms with E-state index < -0.39 is 15.8 Å². The maximum Gasteiger partial charge on any atom is 0.0382 e. The Morgan fingerprint density at radius 2 is 0.607 bits per heavy atom. The van der Waals surface area contributed by atoms with E-state index in [1.54, 1.807) is 5.40 Å². The minimum Gasteiger partial charge on any atom is -0.0622 e. The van der Waals surface area contributed by atoms with E-state index in [4.69, 9.17) is 0 Å². The van der Waals surface area contributed by atoms with Crippen LogP contribution < -0.4 is 21.2 Å². The van der Waals surface area contributed by atoms with E-state index in [0.717, 1.165) is 0 Å². The molecule has 28 heavy (non-hydrogen) atoms. The van der Waals surface area contributed by atoms with Crippen molar-refractivity contribution < 1.29 is 0 Å². The summed E-state index contributed by atoms with van der Waals surface area (Å²) in [5.74, 6) is 0. The predicted molar refractivity (Wildman–Crippen MR) is 127 cm³/mol. The molecule has 2 heteroatoms. The first-order chi connectivity index (χ1) is 13.8. The summed E-state index contributed by atoms with van der Waals surface area (Å²) in [6.07, 6.45) is 0. The third kappa shape index (κ3) is 4.25. The molecule has 0 saturated carbocycles. The van der Waals surface area contributed by atoms with Gasteiger partial charge in [-0.25, -0.2) is 0 Å². The van der Waals surface area contributed by atoms with Gasteiger partial charge in [-0.3, -0.25) is 0 Å². The summed E-state index contributed by atoms with van der Waals surface area (Å²) in [6, 6.07) is 44.0. The normalized spacial score (nSPS) is 11.3. The lowest BCUT2D eigenvalue weighted by Crippen LogP contribution is -2.21. The smallest absolute Gasteiger partial charge is 0.0382 e. The SMILES string of the molecule is C[C](P(c1ccccc1)c1ccccc1)P(c1ccccc1)c1ccccc1. The summed E-state index contributed by atoms with van der Waals surface area (Å²) < 4.78 is 0. The lowest BCUT2D eigenvalue weighted by molar-refractivity contribution is 1.60. The molecule has 4 rings (SSSR count). The van der Waals surface area contributed by atoms with Crippen LogP contribution in [0, 0.1) is 5.40 Å². The third-order valence-electron chi connectivity index (χ3n) is 4.70. The minimum absolute atomic E-state index is 0.553. The van der Waals surface area contributed by atoms with Crippen molar-refractivity contribution >= 4 is 37.1 Å². The molecule has 1 radical (unpaired) electrons. The molecule has 0 aliphatic carbocycles. The summed E-state index contributed by atoms with van der Waals surface area (Å²) in [5.41, 5.74) is 0. The van der Waals surface area contributed by atoms with Crippen molar-refractivity contribution in [2.45, 2.75) is 6.92 Å². The Balaban J connectivity index is 1.84. The maximum absolute atomic E-state index is 2.37. The highest BCUT2D eigenvalue weighted by atomic mass is 31.2. The molecule has 4 aromatic rings. The molecule has 0 amide bonds. The van der Waals surface area contributed by atoms with Gasteiger partial charge < -0.3 is 0 Å². The molecule has 0 N–H and O–H groups in total. The molecule has 0 nitrogen and oxygen atoms in total. The zero-order valence-corrected chi connectivity index (χ0v) is 17.7. The molecular weight excluding hydrogens is 374 g/mol. The molecule has 0 heterocycles. The number of hydrogen-bond donors (Lipinski definition) is 0. The van der Waals surface area contributed by atoms with Crippen LogP contribution in [0.5, 0.6) is 0 Å². The second kappa shape index (κ2) is 9.29. The van der Waals surface area contributed by atoms with Crippen LogP contribution in [-0.4, -0.2) is 0 Å². The van der Waals surface area contributed by atoms with Gasteiger partial charge in [0.05, 0.1) is 0 Å². The number of benzene rings is 4. The van der Waals surface area contributed by atoms with Crippen LogP contribution in [0.3, 0.4) is 0 Å². The Morgan fingerprint density at radius 1 is 0.393 bits per heavy atom. The van der Waals surface area contributed by atoms with Crippen molar-refractivity contribution in [1.82, 2.24) is 0 Å². The second-order valence-electron chi connectivity index (χ2n) is 6.56. The fraction of sp³-hybridized carbons (Fsp3) is 0.0385. The van der Waals surface area contributed by atoms with Crippen LogP contribution in [0.4, 0.5) is 0 Å². The Bertz CT molecular complexity index is 808. The van der Waals surface area contributed by atoms with E-state index in [0.29, 0.717) is 0 Å².